The van der Waals surface area contributed by atoms with Gasteiger partial charge in [-0.1, -0.05) is 55.0 Å². The first-order valence-corrected chi connectivity index (χ1v) is 19.8. The maximum atomic E-state index is 14.3. The first kappa shape index (κ1) is 39.7. The zero-order valence-corrected chi connectivity index (χ0v) is 32.1. The molecule has 0 aliphatic carbocycles. The van der Waals surface area contributed by atoms with Gasteiger partial charge < -0.3 is 28.6 Å². The number of sulfonamides is 1. The fraction of sp³-hybridized carbons (Fsp3) is 0.537. The van der Waals surface area contributed by atoms with Crippen LogP contribution in [0.25, 0.3) is 0 Å². The first-order chi connectivity index (χ1) is 25.1. The average molecular weight is 734 g/mol. The standard InChI is InChI=1S/C41H55N3O7S/c1-30-7-14-37(15-8-30)52(45,46)44-25-41(51-29-34-11-16-40-39(22-34)43(18-20-50-40)17-6-19-47-4)38(23-36(44)21-31(2)24-42)35-12-9-33(10-13-35)28-49-27-32(3)26-48-5/h7-16,22,31-32,36,38,41H,6,17-21,23,25-29H2,1-5H3/t31-,32+,36+,38-,41+/m1/s1. The topological polar surface area (TPSA) is 111 Å². The zero-order valence-electron chi connectivity index (χ0n) is 31.3. The lowest BCUT2D eigenvalue weighted by atomic mass is 9.81. The van der Waals surface area contributed by atoms with Crippen molar-refractivity contribution >= 4 is 15.7 Å². The van der Waals surface area contributed by atoms with E-state index < -0.39 is 16.1 Å². The number of rotatable bonds is 18. The van der Waals surface area contributed by atoms with E-state index in [2.05, 4.69) is 48.2 Å². The van der Waals surface area contributed by atoms with E-state index >= 15 is 0 Å². The van der Waals surface area contributed by atoms with Crippen molar-refractivity contribution in [1.82, 2.24) is 4.31 Å². The predicted molar refractivity (Wildman–Crippen MR) is 202 cm³/mol. The maximum Gasteiger partial charge on any atom is 0.243 e. The van der Waals surface area contributed by atoms with Crippen molar-refractivity contribution in [2.45, 2.75) is 76.2 Å². The summed E-state index contributed by atoms with van der Waals surface area (Å²) in [5.74, 6) is 0.745. The number of benzene rings is 3. The summed E-state index contributed by atoms with van der Waals surface area (Å²) in [5, 5.41) is 9.80. The van der Waals surface area contributed by atoms with Crippen LogP contribution in [0.2, 0.25) is 0 Å². The van der Waals surface area contributed by atoms with Gasteiger partial charge in [-0.2, -0.15) is 9.57 Å². The van der Waals surface area contributed by atoms with Crippen LogP contribution in [0.1, 0.15) is 61.3 Å². The number of methoxy groups -OCH3 is 2. The zero-order chi connectivity index (χ0) is 37.1. The van der Waals surface area contributed by atoms with Crippen LogP contribution in [-0.4, -0.2) is 85.2 Å². The van der Waals surface area contributed by atoms with Gasteiger partial charge in [0, 0.05) is 57.7 Å². The molecule has 2 heterocycles. The molecule has 5 rings (SSSR count). The highest BCUT2D eigenvalue weighted by atomic mass is 32.2. The van der Waals surface area contributed by atoms with Gasteiger partial charge >= 0.3 is 0 Å². The lowest BCUT2D eigenvalue weighted by Gasteiger charge is -2.43. The molecule has 282 valence electrons. The Morgan fingerprint density at radius 3 is 2.42 bits per heavy atom. The molecule has 11 heteroatoms. The van der Waals surface area contributed by atoms with Crippen molar-refractivity contribution in [3.8, 4) is 11.8 Å². The molecule has 0 saturated carbocycles. The number of anilines is 1. The number of aryl methyl sites for hydroxylation is 1. The van der Waals surface area contributed by atoms with Crippen LogP contribution in [0.15, 0.2) is 71.6 Å². The highest BCUT2D eigenvalue weighted by Gasteiger charge is 2.43. The molecule has 1 saturated heterocycles. The third-order valence-corrected chi connectivity index (χ3v) is 11.9. The molecular formula is C41H55N3O7S. The van der Waals surface area contributed by atoms with E-state index in [-0.39, 0.29) is 29.3 Å². The SMILES string of the molecule is COCCCN1CCOc2ccc(CO[C@H]3CN(S(=O)(=O)c4ccc(C)cc4)[C@@H](C[C@@H](C)C#N)C[C@@H]3c3ccc(COC[C@@H](C)COC)cc3)cc21. The van der Waals surface area contributed by atoms with Crippen molar-refractivity contribution in [3.63, 3.8) is 0 Å². The summed E-state index contributed by atoms with van der Waals surface area (Å²) >= 11 is 0. The number of hydrogen-bond donors (Lipinski definition) is 0. The maximum absolute atomic E-state index is 14.3. The van der Waals surface area contributed by atoms with E-state index in [0.717, 1.165) is 53.2 Å². The summed E-state index contributed by atoms with van der Waals surface area (Å²) in [6, 6.07) is 23.5. The molecule has 0 aromatic heterocycles. The molecule has 3 aromatic carbocycles. The summed E-state index contributed by atoms with van der Waals surface area (Å²) in [6.45, 7) is 11.1. The third kappa shape index (κ3) is 10.3. The number of nitriles is 1. The van der Waals surface area contributed by atoms with Crippen molar-refractivity contribution < 1.29 is 32.1 Å². The molecular weight excluding hydrogens is 679 g/mol. The Labute approximate surface area is 310 Å². The van der Waals surface area contributed by atoms with Crippen molar-refractivity contribution in [2.24, 2.45) is 11.8 Å². The van der Waals surface area contributed by atoms with Crippen LogP contribution >= 0.6 is 0 Å². The largest absolute Gasteiger partial charge is 0.490 e. The molecule has 0 spiro atoms. The molecule has 0 bridgehead atoms. The molecule has 2 aliphatic rings. The molecule has 0 N–H and O–H groups in total. The van der Waals surface area contributed by atoms with Crippen LogP contribution in [-0.2, 0) is 42.2 Å². The summed E-state index contributed by atoms with van der Waals surface area (Å²) in [4.78, 5) is 2.57. The highest BCUT2D eigenvalue weighted by molar-refractivity contribution is 7.89. The van der Waals surface area contributed by atoms with E-state index in [1.54, 1.807) is 30.7 Å². The first-order valence-electron chi connectivity index (χ1n) is 18.4. The minimum atomic E-state index is -3.88. The van der Waals surface area contributed by atoms with E-state index in [4.69, 9.17) is 23.7 Å². The van der Waals surface area contributed by atoms with Crippen molar-refractivity contribution in [3.05, 3.63) is 89.0 Å². The van der Waals surface area contributed by atoms with Crippen molar-refractivity contribution in [2.75, 3.05) is 65.2 Å². The smallest absolute Gasteiger partial charge is 0.243 e. The van der Waals surface area contributed by atoms with Gasteiger partial charge in [0.1, 0.15) is 12.4 Å². The van der Waals surface area contributed by atoms with Gasteiger partial charge in [-0.3, -0.25) is 0 Å². The van der Waals surface area contributed by atoms with E-state index in [1.807, 2.05) is 38.1 Å². The third-order valence-electron chi connectivity index (χ3n) is 9.97. The van der Waals surface area contributed by atoms with Gasteiger partial charge in [0.2, 0.25) is 10.0 Å². The molecule has 3 aromatic rings. The van der Waals surface area contributed by atoms with Gasteiger partial charge in [0.15, 0.2) is 0 Å². The Hall–Kier alpha value is -3.50. The van der Waals surface area contributed by atoms with E-state index in [9.17, 15) is 13.7 Å². The molecule has 2 aliphatic heterocycles. The minimum absolute atomic E-state index is 0.0939. The predicted octanol–water partition coefficient (Wildman–Crippen LogP) is 6.71. The van der Waals surface area contributed by atoms with Crippen LogP contribution in [0.4, 0.5) is 5.69 Å². The van der Waals surface area contributed by atoms with Crippen LogP contribution in [0.3, 0.4) is 0 Å². The van der Waals surface area contributed by atoms with Gasteiger partial charge in [-0.05, 0) is 74.1 Å². The van der Waals surface area contributed by atoms with Crippen molar-refractivity contribution in [1.29, 1.82) is 5.26 Å². The average Bonchev–Trinajstić information content (AvgIpc) is 3.14. The number of fused-ring (bicyclic) bond motifs is 1. The summed E-state index contributed by atoms with van der Waals surface area (Å²) < 4.78 is 59.4. The summed E-state index contributed by atoms with van der Waals surface area (Å²) in [6.07, 6.45) is 1.43. The molecule has 52 heavy (non-hydrogen) atoms. The Morgan fingerprint density at radius 2 is 1.71 bits per heavy atom. The van der Waals surface area contributed by atoms with Crippen LogP contribution in [0, 0.1) is 30.1 Å². The van der Waals surface area contributed by atoms with Gasteiger partial charge in [-0.25, -0.2) is 8.42 Å². The fourth-order valence-electron chi connectivity index (χ4n) is 7.17. The molecule has 0 amide bonds. The monoisotopic (exact) mass is 733 g/mol. The second-order valence-electron chi connectivity index (χ2n) is 14.3. The van der Waals surface area contributed by atoms with Crippen LogP contribution in [0.5, 0.6) is 5.75 Å². The lowest BCUT2D eigenvalue weighted by molar-refractivity contribution is -0.0217. The molecule has 0 radical (unpaired) electrons. The Balaban J connectivity index is 1.42. The summed E-state index contributed by atoms with van der Waals surface area (Å²) in [5.41, 5.74) is 5.15. The highest BCUT2D eigenvalue weighted by Crippen LogP contribution is 2.40. The Kier molecular flexibility index (Phi) is 14.5. The number of ether oxygens (including phenoxy) is 5. The lowest BCUT2D eigenvalue weighted by Crippen LogP contribution is -2.52. The Bertz CT molecular complexity index is 1710. The number of piperidine rings is 1. The summed E-state index contributed by atoms with van der Waals surface area (Å²) in [7, 11) is -0.464. The van der Waals surface area contributed by atoms with Gasteiger partial charge in [0.05, 0.1) is 55.7 Å². The normalized spacial score (nSPS) is 20.5. The van der Waals surface area contributed by atoms with Gasteiger partial charge in [0.25, 0.3) is 0 Å². The molecule has 1 fully saturated rings. The minimum Gasteiger partial charge on any atom is -0.490 e. The second kappa shape index (κ2) is 19.0. The van der Waals surface area contributed by atoms with E-state index in [1.165, 1.54) is 0 Å². The quantitative estimate of drug-likeness (QED) is 0.132. The molecule has 10 nitrogen and oxygen atoms in total. The van der Waals surface area contributed by atoms with E-state index in [0.29, 0.717) is 58.4 Å². The molecule has 0 unspecified atom stereocenters. The fourth-order valence-corrected chi connectivity index (χ4v) is 8.82. The second-order valence-corrected chi connectivity index (χ2v) is 16.2. The van der Waals surface area contributed by atoms with Gasteiger partial charge in [-0.15, -0.1) is 0 Å². The molecule has 5 atom stereocenters. The number of nitrogens with zero attached hydrogens (tertiary/aromatic N) is 3. The van der Waals surface area contributed by atoms with Crippen LogP contribution < -0.4 is 9.64 Å². The Morgan fingerprint density at radius 1 is 0.962 bits per heavy atom. The number of hydrogen-bond acceptors (Lipinski definition) is 9.